The van der Waals surface area contributed by atoms with Crippen molar-refractivity contribution in [3.8, 4) is 0 Å². The summed E-state index contributed by atoms with van der Waals surface area (Å²) in [7, 11) is 0. The van der Waals surface area contributed by atoms with Crippen LogP contribution in [0.1, 0.15) is 17.0 Å². The average molecular weight is 362 g/mol. The van der Waals surface area contributed by atoms with Crippen molar-refractivity contribution in [2.45, 2.75) is 10.9 Å². The van der Waals surface area contributed by atoms with Crippen molar-refractivity contribution in [1.82, 2.24) is 4.98 Å². The molecule has 1 aromatic carbocycles. The van der Waals surface area contributed by atoms with E-state index in [9.17, 15) is 4.79 Å². The van der Waals surface area contributed by atoms with Crippen LogP contribution in [-0.2, 0) is 9.53 Å². The summed E-state index contributed by atoms with van der Waals surface area (Å²) in [6.45, 7) is 1.14. The Morgan fingerprint density at radius 1 is 1.38 bits per heavy atom. The molecule has 3 rings (SSSR count). The Morgan fingerprint density at radius 3 is 2.92 bits per heavy atom. The summed E-state index contributed by atoms with van der Waals surface area (Å²) in [6, 6.07) is 11.0. The Labute approximate surface area is 149 Å². The number of ether oxygens (including phenoxy) is 1. The number of carbonyl (C=O) groups is 1. The van der Waals surface area contributed by atoms with Crippen molar-refractivity contribution in [3.63, 3.8) is 0 Å². The molecule has 2 heterocycles. The van der Waals surface area contributed by atoms with E-state index in [4.69, 9.17) is 22.1 Å². The van der Waals surface area contributed by atoms with E-state index in [2.05, 4.69) is 9.98 Å². The number of hydrogen-bond acceptors (Lipinski definition) is 5. The Morgan fingerprint density at radius 2 is 2.25 bits per heavy atom. The fourth-order valence-corrected chi connectivity index (χ4v) is 3.61. The van der Waals surface area contributed by atoms with E-state index in [1.807, 2.05) is 24.3 Å². The van der Waals surface area contributed by atoms with Gasteiger partial charge in [-0.15, -0.1) is 11.8 Å². The second-order valence-corrected chi connectivity index (χ2v) is 6.68. The summed E-state index contributed by atoms with van der Waals surface area (Å²) in [5, 5.41) is 1.40. The van der Waals surface area contributed by atoms with Gasteiger partial charge in [0.1, 0.15) is 6.61 Å². The van der Waals surface area contributed by atoms with Crippen molar-refractivity contribution < 1.29 is 9.53 Å². The lowest BCUT2D eigenvalue weighted by Gasteiger charge is -2.17. The normalized spacial score (nSPS) is 14.8. The maximum atomic E-state index is 12.0. The summed E-state index contributed by atoms with van der Waals surface area (Å²) in [6.07, 6.45) is 1.72. The largest absolute Gasteiger partial charge is 0.476 e. The molecule has 2 aromatic rings. The molecule has 1 aliphatic rings. The molecule has 1 amide bonds. The SMILES string of the molecule is NC(=O)C(CSc1ccccn1)c1ccc(Cl)cc1C1=NCCO1. The molecule has 0 spiro atoms. The van der Waals surface area contributed by atoms with E-state index < -0.39 is 11.8 Å². The first kappa shape index (κ1) is 16.8. The molecule has 5 nitrogen and oxygen atoms in total. The van der Waals surface area contributed by atoms with Crippen LogP contribution in [-0.4, -0.2) is 35.7 Å². The quantitative estimate of drug-likeness (QED) is 0.802. The van der Waals surface area contributed by atoms with Crippen LogP contribution in [0.4, 0.5) is 0 Å². The molecular formula is C17H16ClN3O2S. The number of aliphatic imine (C=N–C) groups is 1. The molecule has 124 valence electrons. The van der Waals surface area contributed by atoms with Gasteiger partial charge in [0.05, 0.1) is 17.5 Å². The standard InChI is InChI=1S/C17H16ClN3O2S/c18-11-4-5-12(13(9-11)17-21-7-8-23-17)14(16(19)22)10-24-15-3-1-2-6-20-15/h1-6,9,14H,7-8,10H2,(H2,19,22). The monoisotopic (exact) mass is 361 g/mol. The maximum Gasteiger partial charge on any atom is 0.225 e. The summed E-state index contributed by atoms with van der Waals surface area (Å²) in [4.78, 5) is 20.6. The highest BCUT2D eigenvalue weighted by atomic mass is 35.5. The summed E-state index contributed by atoms with van der Waals surface area (Å²) < 4.78 is 5.55. The Hall–Kier alpha value is -2.05. The van der Waals surface area contributed by atoms with E-state index in [1.165, 1.54) is 11.8 Å². The van der Waals surface area contributed by atoms with Crippen molar-refractivity contribution in [3.05, 3.63) is 58.7 Å². The summed E-state index contributed by atoms with van der Waals surface area (Å²) >= 11 is 7.59. The van der Waals surface area contributed by atoms with E-state index >= 15 is 0 Å². The zero-order valence-corrected chi connectivity index (χ0v) is 14.4. The van der Waals surface area contributed by atoms with Gasteiger partial charge in [0, 0.05) is 22.5 Å². The number of aromatic nitrogens is 1. The molecule has 7 heteroatoms. The molecular weight excluding hydrogens is 346 g/mol. The van der Waals surface area contributed by atoms with Crippen molar-refractivity contribution in [2.24, 2.45) is 10.7 Å². The first-order chi connectivity index (χ1) is 11.6. The number of pyridine rings is 1. The van der Waals surface area contributed by atoms with Gasteiger partial charge in [-0.1, -0.05) is 23.7 Å². The zero-order chi connectivity index (χ0) is 16.9. The first-order valence-electron chi connectivity index (χ1n) is 7.45. The highest BCUT2D eigenvalue weighted by molar-refractivity contribution is 7.99. The molecule has 24 heavy (non-hydrogen) atoms. The summed E-state index contributed by atoms with van der Waals surface area (Å²) in [5.41, 5.74) is 7.15. The van der Waals surface area contributed by atoms with Crippen molar-refractivity contribution in [2.75, 3.05) is 18.9 Å². The number of carbonyl (C=O) groups excluding carboxylic acids is 1. The minimum atomic E-state index is -0.490. The van der Waals surface area contributed by atoms with Gasteiger partial charge in [-0.2, -0.15) is 0 Å². The topological polar surface area (TPSA) is 77.6 Å². The summed E-state index contributed by atoms with van der Waals surface area (Å²) in [5.74, 6) is 0.104. The van der Waals surface area contributed by atoms with Gasteiger partial charge in [-0.25, -0.2) is 9.98 Å². The van der Waals surface area contributed by atoms with E-state index in [-0.39, 0.29) is 0 Å². The molecule has 2 N–H and O–H groups in total. The van der Waals surface area contributed by atoms with Gasteiger partial charge >= 0.3 is 0 Å². The third kappa shape index (κ3) is 3.88. The second kappa shape index (κ2) is 7.68. The molecule has 0 aliphatic carbocycles. The van der Waals surface area contributed by atoms with E-state index in [0.717, 1.165) is 16.2 Å². The maximum absolute atomic E-state index is 12.0. The number of thioether (sulfide) groups is 1. The molecule has 1 aromatic heterocycles. The predicted octanol–water partition coefficient (Wildman–Crippen LogP) is 2.87. The smallest absolute Gasteiger partial charge is 0.225 e. The van der Waals surface area contributed by atoms with Crippen LogP contribution in [0, 0.1) is 0 Å². The minimum absolute atomic E-state index is 0.402. The second-order valence-electron chi connectivity index (χ2n) is 5.20. The lowest BCUT2D eigenvalue weighted by molar-refractivity contribution is -0.118. The molecule has 0 radical (unpaired) electrons. The molecule has 0 bridgehead atoms. The van der Waals surface area contributed by atoms with Gasteiger partial charge in [0.2, 0.25) is 11.8 Å². The van der Waals surface area contributed by atoms with Gasteiger partial charge in [-0.3, -0.25) is 4.79 Å². The molecule has 0 fully saturated rings. The van der Waals surface area contributed by atoms with Gasteiger partial charge in [-0.05, 0) is 29.8 Å². The van der Waals surface area contributed by atoms with Gasteiger partial charge < -0.3 is 10.5 Å². The van der Waals surface area contributed by atoms with Crippen LogP contribution < -0.4 is 5.73 Å². The van der Waals surface area contributed by atoms with E-state index in [0.29, 0.717) is 29.8 Å². The number of primary amides is 1. The van der Waals surface area contributed by atoms with Crippen molar-refractivity contribution >= 4 is 35.2 Å². The van der Waals surface area contributed by atoms with Crippen LogP contribution in [0.15, 0.2) is 52.6 Å². The fourth-order valence-electron chi connectivity index (χ4n) is 2.44. The average Bonchev–Trinajstić information content (AvgIpc) is 3.11. The number of hydrogen-bond donors (Lipinski definition) is 1. The number of amides is 1. The highest BCUT2D eigenvalue weighted by Gasteiger charge is 2.25. The van der Waals surface area contributed by atoms with Crippen molar-refractivity contribution in [1.29, 1.82) is 0 Å². The number of nitrogens with two attached hydrogens (primary N) is 1. The lowest BCUT2D eigenvalue weighted by Crippen LogP contribution is -2.25. The van der Waals surface area contributed by atoms with Gasteiger partial charge in [0.15, 0.2) is 0 Å². The van der Waals surface area contributed by atoms with Crippen LogP contribution in [0.25, 0.3) is 0 Å². The molecule has 0 saturated heterocycles. The fraction of sp³-hybridized carbons (Fsp3) is 0.235. The number of nitrogens with zero attached hydrogens (tertiary/aromatic N) is 2. The number of rotatable bonds is 6. The Balaban J connectivity index is 1.89. The molecule has 0 saturated carbocycles. The first-order valence-corrected chi connectivity index (χ1v) is 8.81. The van der Waals surface area contributed by atoms with E-state index in [1.54, 1.807) is 18.3 Å². The Kier molecular flexibility index (Phi) is 5.37. The number of benzene rings is 1. The third-order valence-electron chi connectivity index (χ3n) is 3.59. The number of halogens is 1. The third-order valence-corrected chi connectivity index (χ3v) is 4.86. The molecule has 1 unspecified atom stereocenters. The molecule has 1 atom stereocenters. The minimum Gasteiger partial charge on any atom is -0.476 e. The van der Waals surface area contributed by atoms with Crippen LogP contribution in [0.2, 0.25) is 5.02 Å². The zero-order valence-electron chi connectivity index (χ0n) is 12.8. The van der Waals surface area contributed by atoms with Crippen LogP contribution in [0.3, 0.4) is 0 Å². The lowest BCUT2D eigenvalue weighted by atomic mass is 9.95. The van der Waals surface area contributed by atoms with Crippen LogP contribution in [0.5, 0.6) is 0 Å². The molecule has 1 aliphatic heterocycles. The highest BCUT2D eigenvalue weighted by Crippen LogP contribution is 2.30. The van der Waals surface area contributed by atoms with Crippen LogP contribution >= 0.6 is 23.4 Å². The Bertz CT molecular complexity index is 768. The predicted molar refractivity (Wildman–Crippen MR) is 95.7 cm³/mol. The van der Waals surface area contributed by atoms with Gasteiger partial charge in [0.25, 0.3) is 0 Å².